The lowest BCUT2D eigenvalue weighted by Gasteiger charge is -2.30. The Morgan fingerprint density at radius 1 is 0.947 bits per heavy atom. The van der Waals surface area contributed by atoms with Gasteiger partial charge < -0.3 is 14.2 Å². The van der Waals surface area contributed by atoms with E-state index in [0.29, 0.717) is 36.3 Å². The van der Waals surface area contributed by atoms with Crippen LogP contribution in [0.1, 0.15) is 37.6 Å². The summed E-state index contributed by atoms with van der Waals surface area (Å²) in [5.41, 5.74) is 3.29. The van der Waals surface area contributed by atoms with E-state index in [9.17, 15) is 22.8 Å². The van der Waals surface area contributed by atoms with Gasteiger partial charge in [0.15, 0.2) is 0 Å². The molecule has 1 aliphatic heterocycles. The maximum atomic E-state index is 13.0. The second kappa shape index (κ2) is 9.08. The molecule has 5 rings (SSSR count). The van der Waals surface area contributed by atoms with Gasteiger partial charge in [-0.3, -0.25) is 9.36 Å². The van der Waals surface area contributed by atoms with Gasteiger partial charge in [0.05, 0.1) is 23.3 Å². The monoisotopic (exact) mass is 523 g/mol. The number of hydrogen-bond donors (Lipinski definition) is 0. The van der Waals surface area contributed by atoms with Gasteiger partial charge in [-0.25, -0.2) is 4.79 Å². The number of carbonyl (C=O) groups excluding carboxylic acids is 1. The third-order valence-electron chi connectivity index (χ3n) is 6.79. The first-order chi connectivity index (χ1) is 17.8. The fraction of sp³-hybridized carbons (Fsp3) is 0.310. The third-order valence-corrected chi connectivity index (χ3v) is 6.79. The smallest absolute Gasteiger partial charge is 0.416 e. The van der Waals surface area contributed by atoms with Crippen molar-refractivity contribution >= 4 is 17.0 Å². The Bertz CT molecular complexity index is 1590. The number of nitrogens with zero attached hydrogens (tertiary/aromatic N) is 3. The Morgan fingerprint density at radius 2 is 1.66 bits per heavy atom. The van der Waals surface area contributed by atoms with E-state index < -0.39 is 17.3 Å². The van der Waals surface area contributed by atoms with Crippen molar-refractivity contribution in [2.24, 2.45) is 7.05 Å². The van der Waals surface area contributed by atoms with E-state index in [1.165, 1.54) is 28.3 Å². The van der Waals surface area contributed by atoms with Gasteiger partial charge in [0, 0.05) is 36.9 Å². The zero-order valence-corrected chi connectivity index (χ0v) is 21.6. The average Bonchev–Trinajstić information content (AvgIpc) is 3.13. The van der Waals surface area contributed by atoms with E-state index >= 15 is 0 Å². The molecule has 0 bridgehead atoms. The highest BCUT2D eigenvalue weighted by Gasteiger charge is 2.30. The van der Waals surface area contributed by atoms with Crippen LogP contribution in [0.2, 0.25) is 0 Å². The van der Waals surface area contributed by atoms with E-state index in [-0.39, 0.29) is 11.7 Å². The molecule has 0 aliphatic carbocycles. The van der Waals surface area contributed by atoms with E-state index in [0.717, 1.165) is 28.7 Å². The van der Waals surface area contributed by atoms with Gasteiger partial charge in [-0.15, -0.1) is 0 Å². The number of amides is 1. The number of aromatic nitrogens is 2. The van der Waals surface area contributed by atoms with Crippen LogP contribution in [0.3, 0.4) is 0 Å². The molecule has 2 aromatic carbocycles. The van der Waals surface area contributed by atoms with Crippen LogP contribution in [0.15, 0.2) is 65.6 Å². The zero-order chi connectivity index (χ0) is 27.4. The van der Waals surface area contributed by atoms with Gasteiger partial charge in [-0.1, -0.05) is 18.2 Å². The molecule has 4 aromatic rings. The van der Waals surface area contributed by atoms with Crippen molar-refractivity contribution in [3.8, 4) is 16.8 Å². The molecule has 1 amide bonds. The van der Waals surface area contributed by atoms with Crippen molar-refractivity contribution in [1.82, 2.24) is 14.0 Å². The molecule has 0 N–H and O–H groups in total. The summed E-state index contributed by atoms with van der Waals surface area (Å²) in [4.78, 5) is 27.3. The summed E-state index contributed by atoms with van der Waals surface area (Å²) < 4.78 is 47.7. The lowest BCUT2D eigenvalue weighted by molar-refractivity contribution is -0.137. The van der Waals surface area contributed by atoms with Crippen LogP contribution in [0.4, 0.5) is 18.0 Å². The Balaban J connectivity index is 1.44. The summed E-state index contributed by atoms with van der Waals surface area (Å²) >= 11 is 0. The molecule has 0 radical (unpaired) electrons. The van der Waals surface area contributed by atoms with Gasteiger partial charge >= 0.3 is 12.3 Å². The van der Waals surface area contributed by atoms with Crippen LogP contribution in [-0.4, -0.2) is 32.3 Å². The van der Waals surface area contributed by atoms with Crippen LogP contribution >= 0.6 is 0 Å². The Labute approximate surface area is 217 Å². The van der Waals surface area contributed by atoms with Gasteiger partial charge in [-0.05, 0) is 74.2 Å². The van der Waals surface area contributed by atoms with Gasteiger partial charge in [0.1, 0.15) is 5.60 Å². The molecule has 0 fully saturated rings. The first-order valence-corrected chi connectivity index (χ1v) is 12.3. The fourth-order valence-corrected chi connectivity index (χ4v) is 4.90. The first kappa shape index (κ1) is 25.6. The van der Waals surface area contributed by atoms with Crippen molar-refractivity contribution in [3.63, 3.8) is 0 Å². The van der Waals surface area contributed by atoms with E-state index in [2.05, 4.69) is 0 Å². The van der Waals surface area contributed by atoms with E-state index in [1.807, 2.05) is 50.6 Å². The van der Waals surface area contributed by atoms with E-state index in [4.69, 9.17) is 4.74 Å². The number of ether oxygens (including phenoxy) is 1. The second-order valence-electron chi connectivity index (χ2n) is 10.5. The minimum absolute atomic E-state index is 0.295. The molecule has 0 saturated heterocycles. The average molecular weight is 524 g/mol. The minimum atomic E-state index is -4.41. The summed E-state index contributed by atoms with van der Waals surface area (Å²) in [5.74, 6) is 0. The number of halogens is 3. The van der Waals surface area contributed by atoms with Crippen LogP contribution < -0.4 is 5.56 Å². The number of benzene rings is 2. The summed E-state index contributed by atoms with van der Waals surface area (Å²) in [6.07, 6.45) is -2.42. The highest BCUT2D eigenvalue weighted by molar-refractivity contribution is 5.88. The number of aryl methyl sites for hydroxylation is 1. The number of alkyl halides is 3. The summed E-state index contributed by atoms with van der Waals surface area (Å²) in [7, 11) is 1.94. The summed E-state index contributed by atoms with van der Waals surface area (Å²) in [6.45, 7) is 6.53. The zero-order valence-electron chi connectivity index (χ0n) is 21.6. The SMILES string of the molecule is Cn1c2c(c3ccc(-n4ccc(-c5ccc(C(F)(F)F)cc5)cc4=O)cc31)CCN(C(=O)OC(C)(C)C)C2. The van der Waals surface area contributed by atoms with Crippen LogP contribution in [0.25, 0.3) is 27.7 Å². The number of fused-ring (bicyclic) bond motifs is 3. The summed E-state index contributed by atoms with van der Waals surface area (Å²) in [6, 6.07) is 13.7. The Morgan fingerprint density at radius 3 is 2.29 bits per heavy atom. The highest BCUT2D eigenvalue weighted by atomic mass is 19.4. The number of carbonyl (C=O) groups is 1. The van der Waals surface area contributed by atoms with Crippen molar-refractivity contribution in [1.29, 1.82) is 0 Å². The first-order valence-electron chi connectivity index (χ1n) is 12.3. The van der Waals surface area contributed by atoms with Crippen LogP contribution in [0, 0.1) is 0 Å². The quantitative estimate of drug-likeness (QED) is 0.310. The maximum Gasteiger partial charge on any atom is 0.416 e. The molecule has 198 valence electrons. The lowest BCUT2D eigenvalue weighted by atomic mass is 10.0. The molecule has 3 heterocycles. The van der Waals surface area contributed by atoms with Crippen LogP contribution in [-0.2, 0) is 30.9 Å². The molecule has 0 saturated carbocycles. The molecule has 6 nitrogen and oxygen atoms in total. The standard InChI is InChI=1S/C29H28F3N3O3/c1-28(2,3)38-27(37)34-13-12-23-22-10-9-21(16-24(22)33(4)25(23)17-34)35-14-11-19(15-26(35)36)18-5-7-20(8-6-18)29(30,31)32/h5-11,14-16H,12-13,17H2,1-4H3. The van der Waals surface area contributed by atoms with Crippen molar-refractivity contribution in [2.75, 3.05) is 6.54 Å². The third kappa shape index (κ3) is 4.80. The lowest BCUT2D eigenvalue weighted by Crippen LogP contribution is -2.40. The number of rotatable bonds is 2. The molecular formula is C29H28F3N3O3. The molecule has 0 unspecified atom stereocenters. The molecular weight excluding hydrogens is 495 g/mol. The Kier molecular flexibility index (Phi) is 6.12. The van der Waals surface area contributed by atoms with Gasteiger partial charge in [-0.2, -0.15) is 13.2 Å². The van der Waals surface area contributed by atoms with Gasteiger partial charge in [0.2, 0.25) is 0 Å². The highest BCUT2D eigenvalue weighted by Crippen LogP contribution is 2.33. The van der Waals surface area contributed by atoms with Gasteiger partial charge in [0.25, 0.3) is 5.56 Å². The predicted molar refractivity (Wildman–Crippen MR) is 139 cm³/mol. The summed E-state index contributed by atoms with van der Waals surface area (Å²) in [5, 5.41) is 1.07. The normalized spacial score (nSPS) is 14.0. The maximum absolute atomic E-state index is 13.0. The van der Waals surface area contributed by atoms with Crippen molar-refractivity contribution in [3.05, 3.63) is 88.0 Å². The van der Waals surface area contributed by atoms with Crippen molar-refractivity contribution in [2.45, 2.75) is 45.5 Å². The van der Waals surface area contributed by atoms with E-state index in [1.54, 1.807) is 17.2 Å². The largest absolute Gasteiger partial charge is 0.444 e. The predicted octanol–water partition coefficient (Wildman–Crippen LogP) is 6.31. The molecule has 0 spiro atoms. The number of hydrogen-bond acceptors (Lipinski definition) is 3. The molecule has 9 heteroatoms. The minimum Gasteiger partial charge on any atom is -0.444 e. The molecule has 0 atom stereocenters. The fourth-order valence-electron chi connectivity index (χ4n) is 4.90. The Hall–Kier alpha value is -4.01. The van der Waals surface area contributed by atoms with Crippen molar-refractivity contribution < 1.29 is 22.7 Å². The molecule has 38 heavy (non-hydrogen) atoms. The molecule has 2 aromatic heterocycles. The number of pyridine rings is 1. The second-order valence-corrected chi connectivity index (χ2v) is 10.5. The molecule has 1 aliphatic rings. The topological polar surface area (TPSA) is 56.5 Å². The van der Waals surface area contributed by atoms with Crippen LogP contribution in [0.5, 0.6) is 0 Å².